The van der Waals surface area contributed by atoms with E-state index in [1.54, 1.807) is 0 Å². The molecule has 1 unspecified atom stereocenters. The normalized spacial score (nSPS) is 18.7. The first-order valence-corrected chi connectivity index (χ1v) is 8.59. The van der Waals surface area contributed by atoms with E-state index in [4.69, 9.17) is 16.3 Å². The molecule has 4 nitrogen and oxygen atoms in total. The highest BCUT2D eigenvalue weighted by atomic mass is 35.5. The number of benzene rings is 1. The van der Waals surface area contributed by atoms with Gasteiger partial charge >= 0.3 is 0 Å². The lowest BCUT2D eigenvalue weighted by Crippen LogP contribution is -2.33. The van der Waals surface area contributed by atoms with Crippen LogP contribution in [0.5, 0.6) is 5.75 Å². The van der Waals surface area contributed by atoms with Crippen LogP contribution in [0.2, 0.25) is 0 Å². The molecule has 1 aromatic carbocycles. The number of alkyl halides is 1. The maximum Gasteiger partial charge on any atom is 0.212 e. The molecule has 1 aliphatic heterocycles. The Hall–Kier alpha value is -0.780. The fourth-order valence-corrected chi connectivity index (χ4v) is 3.70. The minimum absolute atomic E-state index is 0.124. The number of rotatable bonds is 6. The number of sulfonamides is 1. The maximum atomic E-state index is 12.0. The number of nitrogens with one attached hydrogen (secondary N) is 1. The van der Waals surface area contributed by atoms with Crippen molar-refractivity contribution in [2.24, 2.45) is 0 Å². The first-order chi connectivity index (χ1) is 9.12. The lowest BCUT2D eigenvalue weighted by atomic mass is 10.0. The third kappa shape index (κ3) is 4.09. The van der Waals surface area contributed by atoms with E-state index in [0.717, 1.165) is 11.3 Å². The number of halogens is 1. The van der Waals surface area contributed by atoms with Gasteiger partial charge < -0.3 is 4.74 Å². The van der Waals surface area contributed by atoms with Gasteiger partial charge in [-0.3, -0.25) is 0 Å². The van der Waals surface area contributed by atoms with Gasteiger partial charge in [0, 0.05) is 17.9 Å². The fourth-order valence-electron chi connectivity index (χ4n) is 2.13. The largest absolute Gasteiger partial charge is 0.493 e. The van der Waals surface area contributed by atoms with Crippen molar-refractivity contribution >= 4 is 21.6 Å². The second-order valence-electron chi connectivity index (χ2n) is 4.56. The molecule has 1 N–H and O–H groups in total. The van der Waals surface area contributed by atoms with Gasteiger partial charge in [0.1, 0.15) is 5.75 Å². The minimum atomic E-state index is -3.26. The van der Waals surface area contributed by atoms with Crippen molar-refractivity contribution < 1.29 is 13.2 Å². The molecule has 0 radical (unpaired) electrons. The SMILES string of the molecule is O=S(=O)(CCCCCl)NC1CCOc2ccccc21. The minimum Gasteiger partial charge on any atom is -0.493 e. The zero-order valence-electron chi connectivity index (χ0n) is 10.6. The molecule has 1 heterocycles. The molecule has 1 atom stereocenters. The fraction of sp³-hybridized carbons (Fsp3) is 0.538. The van der Waals surface area contributed by atoms with Crippen molar-refractivity contribution in [3.8, 4) is 5.75 Å². The first-order valence-electron chi connectivity index (χ1n) is 6.40. The molecule has 0 fully saturated rings. The summed E-state index contributed by atoms with van der Waals surface area (Å²) in [5.41, 5.74) is 0.912. The number of hydrogen-bond acceptors (Lipinski definition) is 3. The van der Waals surface area contributed by atoms with E-state index in [0.29, 0.717) is 31.7 Å². The summed E-state index contributed by atoms with van der Waals surface area (Å²) in [5.74, 6) is 1.39. The molecule has 6 heteroatoms. The molecule has 0 aromatic heterocycles. The number of hydrogen-bond donors (Lipinski definition) is 1. The molecule has 0 spiro atoms. The lowest BCUT2D eigenvalue weighted by Gasteiger charge is -2.26. The topological polar surface area (TPSA) is 55.4 Å². The Labute approximate surface area is 119 Å². The van der Waals surface area contributed by atoms with Gasteiger partial charge in [0.2, 0.25) is 10.0 Å². The van der Waals surface area contributed by atoms with Gasteiger partial charge in [-0.25, -0.2) is 13.1 Å². The van der Waals surface area contributed by atoms with Crippen molar-refractivity contribution in [3.05, 3.63) is 29.8 Å². The highest BCUT2D eigenvalue weighted by Crippen LogP contribution is 2.31. The van der Waals surface area contributed by atoms with Crippen molar-refractivity contribution in [1.29, 1.82) is 0 Å². The molecule has 0 aliphatic carbocycles. The average Bonchev–Trinajstić information content (AvgIpc) is 2.39. The van der Waals surface area contributed by atoms with Crippen LogP contribution in [0.4, 0.5) is 0 Å². The van der Waals surface area contributed by atoms with Gasteiger partial charge in [0.25, 0.3) is 0 Å². The maximum absolute atomic E-state index is 12.0. The lowest BCUT2D eigenvalue weighted by molar-refractivity contribution is 0.263. The molecule has 0 amide bonds. The molecular weight excluding hydrogens is 286 g/mol. The third-order valence-corrected chi connectivity index (χ3v) is 4.81. The van der Waals surface area contributed by atoms with Crippen molar-refractivity contribution in [1.82, 2.24) is 4.72 Å². The highest BCUT2D eigenvalue weighted by molar-refractivity contribution is 7.89. The van der Waals surface area contributed by atoms with Crippen molar-refractivity contribution in [2.75, 3.05) is 18.2 Å². The zero-order chi connectivity index (χ0) is 13.7. The Kier molecular flexibility index (Phi) is 5.07. The van der Waals surface area contributed by atoms with Gasteiger partial charge in [0.15, 0.2) is 0 Å². The Morgan fingerprint density at radius 2 is 2.11 bits per heavy atom. The first kappa shape index (κ1) is 14.6. The summed E-state index contributed by atoms with van der Waals surface area (Å²) in [7, 11) is -3.26. The Bertz CT molecular complexity index is 518. The molecule has 2 rings (SSSR count). The van der Waals surface area contributed by atoms with Gasteiger partial charge in [-0.05, 0) is 18.9 Å². The van der Waals surface area contributed by atoms with Gasteiger partial charge in [-0.15, -0.1) is 11.6 Å². The van der Waals surface area contributed by atoms with E-state index in [1.807, 2.05) is 24.3 Å². The van der Waals surface area contributed by atoms with E-state index in [1.165, 1.54) is 0 Å². The second kappa shape index (κ2) is 6.59. The molecule has 0 saturated carbocycles. The zero-order valence-corrected chi connectivity index (χ0v) is 12.2. The summed E-state index contributed by atoms with van der Waals surface area (Å²) in [6, 6.07) is 7.35. The number of fused-ring (bicyclic) bond motifs is 1. The van der Waals surface area contributed by atoms with Crippen LogP contribution in [0.15, 0.2) is 24.3 Å². The van der Waals surface area contributed by atoms with E-state index in [-0.39, 0.29) is 11.8 Å². The van der Waals surface area contributed by atoms with Crippen molar-refractivity contribution in [3.63, 3.8) is 0 Å². The van der Waals surface area contributed by atoms with Gasteiger partial charge in [-0.2, -0.15) is 0 Å². The Morgan fingerprint density at radius 1 is 1.32 bits per heavy atom. The van der Waals surface area contributed by atoms with Gasteiger partial charge in [0.05, 0.1) is 18.4 Å². The molecule has 19 heavy (non-hydrogen) atoms. The highest BCUT2D eigenvalue weighted by Gasteiger charge is 2.25. The van der Waals surface area contributed by atoms with E-state index in [9.17, 15) is 8.42 Å². The van der Waals surface area contributed by atoms with Crippen LogP contribution < -0.4 is 9.46 Å². The van der Waals surface area contributed by atoms with E-state index in [2.05, 4.69) is 4.72 Å². The molecule has 0 bridgehead atoms. The predicted octanol–water partition coefficient (Wildman–Crippen LogP) is 2.45. The van der Waals surface area contributed by atoms with Crippen LogP contribution in [0, 0.1) is 0 Å². The summed E-state index contributed by atoms with van der Waals surface area (Å²) < 4.78 is 32.3. The Morgan fingerprint density at radius 3 is 2.89 bits per heavy atom. The van der Waals surface area contributed by atoms with Crippen LogP contribution in [-0.4, -0.2) is 26.7 Å². The molecule has 106 valence electrons. The van der Waals surface area contributed by atoms with Crippen LogP contribution in [0.1, 0.15) is 30.9 Å². The van der Waals surface area contributed by atoms with Crippen molar-refractivity contribution in [2.45, 2.75) is 25.3 Å². The summed E-state index contributed by atoms with van der Waals surface area (Å²) in [6.07, 6.45) is 1.96. The number of ether oxygens (including phenoxy) is 1. The summed E-state index contributed by atoms with van der Waals surface area (Å²) in [6.45, 7) is 0.534. The predicted molar refractivity (Wildman–Crippen MR) is 76.2 cm³/mol. The smallest absolute Gasteiger partial charge is 0.212 e. The third-order valence-electron chi connectivity index (χ3n) is 3.08. The molecule has 0 saturated heterocycles. The summed E-state index contributed by atoms with van der Waals surface area (Å²) in [4.78, 5) is 0. The van der Waals surface area contributed by atoms with E-state index < -0.39 is 10.0 Å². The molecule has 1 aromatic rings. The Balaban J connectivity index is 2.04. The van der Waals surface area contributed by atoms with Crippen LogP contribution in [0.25, 0.3) is 0 Å². The quantitative estimate of drug-likeness (QED) is 0.649. The molecule has 1 aliphatic rings. The monoisotopic (exact) mass is 303 g/mol. The number of unbranched alkanes of at least 4 members (excludes halogenated alkanes) is 1. The second-order valence-corrected chi connectivity index (χ2v) is 6.81. The molecular formula is C13H18ClNO3S. The summed E-state index contributed by atoms with van der Waals surface area (Å²) >= 11 is 5.56. The average molecular weight is 304 g/mol. The van der Waals surface area contributed by atoms with Crippen LogP contribution in [-0.2, 0) is 10.0 Å². The van der Waals surface area contributed by atoms with E-state index >= 15 is 0 Å². The van der Waals surface area contributed by atoms with Crippen LogP contribution in [0.3, 0.4) is 0 Å². The summed E-state index contributed by atoms with van der Waals surface area (Å²) in [5, 5.41) is 0. The van der Waals surface area contributed by atoms with Crippen LogP contribution >= 0.6 is 11.6 Å². The standard InChI is InChI=1S/C13H18ClNO3S/c14-8-3-4-10-19(16,17)15-12-7-9-18-13-6-2-1-5-11(12)13/h1-2,5-6,12,15H,3-4,7-10H2. The van der Waals surface area contributed by atoms with Gasteiger partial charge in [-0.1, -0.05) is 18.2 Å². The number of para-hydroxylation sites is 1.